The highest BCUT2D eigenvalue weighted by atomic mass is 79.9. The van der Waals surface area contributed by atoms with E-state index in [1.165, 1.54) is 0 Å². The fraction of sp³-hybridized carbons (Fsp3) is 0.417. The number of aliphatic hydroxyl groups is 1. The maximum atomic E-state index is 12.0. The Morgan fingerprint density at radius 3 is 2.89 bits per heavy atom. The molecule has 3 N–H and O–H groups in total. The van der Waals surface area contributed by atoms with Gasteiger partial charge < -0.3 is 15.7 Å². The van der Waals surface area contributed by atoms with Crippen molar-refractivity contribution in [1.82, 2.24) is 10.6 Å². The molecule has 0 saturated carbocycles. The molecule has 19 heavy (non-hydrogen) atoms. The molecular weight excluding hydrogens is 355 g/mol. The molecule has 0 spiro atoms. The molecule has 2 unspecified atom stereocenters. The third-order valence-electron chi connectivity index (χ3n) is 3.00. The molecule has 1 aromatic carbocycles. The van der Waals surface area contributed by atoms with Crippen molar-refractivity contribution in [3.05, 3.63) is 33.3 Å². The first kappa shape index (κ1) is 16.7. The standard InChI is InChI=1S/C12H14BrClN2O2.ClH/c13-8-1-2-10(14)9(3-8)12(18)16-5-7-4-15-6-11(7)17;/h1-3,7,11,15,17H,4-6H2,(H,16,18);1H. The van der Waals surface area contributed by atoms with Gasteiger partial charge in [0.25, 0.3) is 5.91 Å². The summed E-state index contributed by atoms with van der Waals surface area (Å²) in [5.41, 5.74) is 0.437. The number of aliphatic hydroxyl groups excluding tert-OH is 1. The molecule has 0 radical (unpaired) electrons. The van der Waals surface area contributed by atoms with Gasteiger partial charge in [0.2, 0.25) is 0 Å². The molecule has 1 aromatic rings. The number of carbonyl (C=O) groups excluding carboxylic acids is 1. The molecule has 2 rings (SSSR count). The fourth-order valence-electron chi connectivity index (χ4n) is 1.92. The van der Waals surface area contributed by atoms with Crippen LogP contribution in [0.15, 0.2) is 22.7 Å². The summed E-state index contributed by atoms with van der Waals surface area (Å²) in [6, 6.07) is 5.14. The normalized spacial score (nSPS) is 21.8. The van der Waals surface area contributed by atoms with Gasteiger partial charge in [-0.3, -0.25) is 4.79 Å². The summed E-state index contributed by atoms with van der Waals surface area (Å²) in [5, 5.41) is 15.9. The predicted molar refractivity (Wildman–Crippen MR) is 81.1 cm³/mol. The van der Waals surface area contributed by atoms with Gasteiger partial charge in [0.05, 0.1) is 16.7 Å². The van der Waals surface area contributed by atoms with E-state index in [1.54, 1.807) is 18.2 Å². The molecule has 4 nitrogen and oxygen atoms in total. The third-order valence-corrected chi connectivity index (χ3v) is 3.82. The Morgan fingerprint density at radius 1 is 1.53 bits per heavy atom. The first-order valence-corrected chi connectivity index (χ1v) is 6.87. The van der Waals surface area contributed by atoms with E-state index in [0.29, 0.717) is 30.2 Å². The minimum atomic E-state index is -0.400. The van der Waals surface area contributed by atoms with Crippen molar-refractivity contribution in [3.8, 4) is 0 Å². The van der Waals surface area contributed by atoms with Crippen LogP contribution in [0, 0.1) is 5.92 Å². The summed E-state index contributed by atoms with van der Waals surface area (Å²) in [5.74, 6) is -0.166. The highest BCUT2D eigenvalue weighted by Gasteiger charge is 2.25. The molecule has 2 atom stereocenters. The van der Waals surface area contributed by atoms with Crippen molar-refractivity contribution in [2.45, 2.75) is 6.10 Å². The Labute approximate surface area is 131 Å². The SMILES string of the molecule is Cl.O=C(NCC1CNCC1O)c1cc(Br)ccc1Cl. The Hall–Kier alpha value is -0.330. The van der Waals surface area contributed by atoms with Gasteiger partial charge in [0, 0.05) is 30.0 Å². The van der Waals surface area contributed by atoms with Crippen molar-refractivity contribution < 1.29 is 9.90 Å². The lowest BCUT2D eigenvalue weighted by Gasteiger charge is -2.14. The van der Waals surface area contributed by atoms with Crippen molar-refractivity contribution in [1.29, 1.82) is 0 Å². The van der Waals surface area contributed by atoms with Gasteiger partial charge in [0.15, 0.2) is 0 Å². The number of amides is 1. The highest BCUT2D eigenvalue weighted by molar-refractivity contribution is 9.10. The number of rotatable bonds is 3. The monoisotopic (exact) mass is 368 g/mol. The first-order chi connectivity index (χ1) is 8.58. The lowest BCUT2D eigenvalue weighted by Crippen LogP contribution is -2.34. The molecule has 1 aliphatic heterocycles. The zero-order valence-corrected chi connectivity index (χ0v) is 13.2. The van der Waals surface area contributed by atoms with Gasteiger partial charge in [-0.1, -0.05) is 27.5 Å². The van der Waals surface area contributed by atoms with Crippen LogP contribution in [0.4, 0.5) is 0 Å². The number of halogens is 3. The highest BCUT2D eigenvalue weighted by Crippen LogP contribution is 2.21. The zero-order chi connectivity index (χ0) is 13.1. The van der Waals surface area contributed by atoms with Gasteiger partial charge in [0.1, 0.15) is 0 Å². The molecular formula is C12H15BrCl2N2O2. The summed E-state index contributed by atoms with van der Waals surface area (Å²) in [6.07, 6.45) is -0.400. The van der Waals surface area contributed by atoms with E-state index in [0.717, 1.165) is 4.47 Å². The lowest BCUT2D eigenvalue weighted by molar-refractivity contribution is 0.0927. The predicted octanol–water partition coefficient (Wildman–Crippen LogP) is 1.83. The summed E-state index contributed by atoms with van der Waals surface area (Å²) >= 11 is 9.27. The quantitative estimate of drug-likeness (QED) is 0.761. The van der Waals surface area contributed by atoms with Crippen LogP contribution in [-0.4, -0.2) is 36.8 Å². The summed E-state index contributed by atoms with van der Waals surface area (Å²) in [4.78, 5) is 12.0. The maximum Gasteiger partial charge on any atom is 0.252 e. The largest absolute Gasteiger partial charge is 0.391 e. The molecule has 0 aliphatic carbocycles. The van der Waals surface area contributed by atoms with Gasteiger partial charge in [-0.25, -0.2) is 0 Å². The smallest absolute Gasteiger partial charge is 0.252 e. The van der Waals surface area contributed by atoms with E-state index in [-0.39, 0.29) is 24.2 Å². The van der Waals surface area contributed by atoms with Gasteiger partial charge in [-0.15, -0.1) is 12.4 Å². The van der Waals surface area contributed by atoms with Crippen LogP contribution in [0.2, 0.25) is 5.02 Å². The number of benzene rings is 1. The number of hydrogen-bond acceptors (Lipinski definition) is 3. The number of hydrogen-bond donors (Lipinski definition) is 3. The van der Waals surface area contributed by atoms with E-state index in [9.17, 15) is 9.90 Å². The van der Waals surface area contributed by atoms with Crippen LogP contribution in [-0.2, 0) is 0 Å². The molecule has 7 heteroatoms. The van der Waals surface area contributed by atoms with Crippen LogP contribution in [0.1, 0.15) is 10.4 Å². The van der Waals surface area contributed by atoms with E-state index in [4.69, 9.17) is 11.6 Å². The van der Waals surface area contributed by atoms with Crippen molar-refractivity contribution in [2.24, 2.45) is 5.92 Å². The van der Waals surface area contributed by atoms with Crippen LogP contribution in [0.5, 0.6) is 0 Å². The summed E-state index contributed by atoms with van der Waals surface area (Å²) in [6.45, 7) is 1.74. The molecule has 106 valence electrons. The van der Waals surface area contributed by atoms with E-state index >= 15 is 0 Å². The Balaban J connectivity index is 0.00000180. The Morgan fingerprint density at radius 2 is 2.26 bits per heavy atom. The molecule has 1 aliphatic rings. The lowest BCUT2D eigenvalue weighted by atomic mass is 10.1. The second kappa shape index (κ2) is 7.45. The summed E-state index contributed by atoms with van der Waals surface area (Å²) < 4.78 is 0.805. The minimum Gasteiger partial charge on any atom is -0.391 e. The van der Waals surface area contributed by atoms with Crippen LogP contribution in [0.3, 0.4) is 0 Å². The average Bonchev–Trinajstić information content (AvgIpc) is 2.75. The molecule has 1 amide bonds. The second-order valence-corrected chi connectivity index (χ2v) is 5.64. The fourth-order valence-corrected chi connectivity index (χ4v) is 2.48. The molecule has 0 aromatic heterocycles. The molecule has 1 fully saturated rings. The number of carbonyl (C=O) groups is 1. The third kappa shape index (κ3) is 4.33. The minimum absolute atomic E-state index is 0. The average molecular weight is 370 g/mol. The van der Waals surface area contributed by atoms with Gasteiger partial charge in [-0.2, -0.15) is 0 Å². The second-order valence-electron chi connectivity index (χ2n) is 4.32. The van der Waals surface area contributed by atoms with Crippen molar-refractivity contribution in [3.63, 3.8) is 0 Å². The van der Waals surface area contributed by atoms with Crippen molar-refractivity contribution >= 4 is 45.8 Å². The van der Waals surface area contributed by atoms with Gasteiger partial charge in [-0.05, 0) is 18.2 Å². The topological polar surface area (TPSA) is 61.4 Å². The van der Waals surface area contributed by atoms with Crippen LogP contribution >= 0.6 is 39.9 Å². The van der Waals surface area contributed by atoms with Gasteiger partial charge >= 0.3 is 0 Å². The Kier molecular flexibility index (Phi) is 6.56. The Bertz CT molecular complexity index is 459. The first-order valence-electron chi connectivity index (χ1n) is 5.70. The molecule has 0 bridgehead atoms. The van der Waals surface area contributed by atoms with E-state index in [1.807, 2.05) is 0 Å². The molecule has 1 heterocycles. The maximum absolute atomic E-state index is 12.0. The molecule has 1 saturated heterocycles. The van der Waals surface area contributed by atoms with Crippen LogP contribution in [0.25, 0.3) is 0 Å². The summed E-state index contributed by atoms with van der Waals surface area (Å²) in [7, 11) is 0. The van der Waals surface area contributed by atoms with Crippen LogP contribution < -0.4 is 10.6 Å². The van der Waals surface area contributed by atoms with Crippen molar-refractivity contribution in [2.75, 3.05) is 19.6 Å². The number of nitrogens with one attached hydrogen (secondary N) is 2. The zero-order valence-electron chi connectivity index (χ0n) is 10.0. The van der Waals surface area contributed by atoms with E-state index in [2.05, 4.69) is 26.6 Å². The van der Waals surface area contributed by atoms with E-state index < -0.39 is 6.10 Å². The number of β-amino-alcohol motifs (C(OH)–C–C–N with tert-alkyl or cyclic N) is 1.